The fourth-order valence-corrected chi connectivity index (χ4v) is 2.20. The van der Waals surface area contributed by atoms with Gasteiger partial charge in [0.15, 0.2) is 0 Å². The number of pyridine rings is 1. The van der Waals surface area contributed by atoms with Gasteiger partial charge in [-0.15, -0.1) is 0 Å². The molecule has 3 rings (SSSR count). The Kier molecular flexibility index (Phi) is 3.97. The number of aromatic nitrogens is 1. The molecule has 1 aromatic carbocycles. The van der Waals surface area contributed by atoms with Gasteiger partial charge in [-0.05, 0) is 37.0 Å². The molecule has 1 heterocycles. The molecule has 3 nitrogen and oxygen atoms in total. The first-order valence-electron chi connectivity index (χ1n) is 7.29. The van der Waals surface area contributed by atoms with Crippen LogP contribution in [0.5, 0.6) is 11.5 Å². The zero-order chi connectivity index (χ0) is 13.8. The van der Waals surface area contributed by atoms with Crippen LogP contribution in [0, 0.1) is 0 Å². The molecule has 0 bridgehead atoms. The third kappa shape index (κ3) is 3.17. The van der Waals surface area contributed by atoms with Gasteiger partial charge in [0.05, 0.1) is 0 Å². The van der Waals surface area contributed by atoms with Crippen molar-refractivity contribution < 1.29 is 4.74 Å². The van der Waals surface area contributed by atoms with Crippen molar-refractivity contribution in [1.29, 1.82) is 0 Å². The number of aryl methyl sites for hydroxylation is 1. The molecule has 2 aromatic rings. The van der Waals surface area contributed by atoms with Crippen LogP contribution in [0.3, 0.4) is 0 Å². The van der Waals surface area contributed by atoms with Crippen molar-refractivity contribution in [2.45, 2.75) is 38.8 Å². The number of nitrogens with zero attached hydrogens (tertiary/aromatic N) is 1. The van der Waals surface area contributed by atoms with Crippen molar-refractivity contribution in [3.05, 3.63) is 53.9 Å². The minimum atomic E-state index is 0.686. The van der Waals surface area contributed by atoms with Crippen molar-refractivity contribution in [1.82, 2.24) is 10.3 Å². The van der Waals surface area contributed by atoms with Gasteiger partial charge in [-0.3, -0.25) is 4.98 Å². The highest BCUT2D eigenvalue weighted by molar-refractivity contribution is 5.40. The van der Waals surface area contributed by atoms with E-state index in [4.69, 9.17) is 4.74 Å². The van der Waals surface area contributed by atoms with Crippen LogP contribution in [0.2, 0.25) is 0 Å². The molecule has 0 aliphatic heterocycles. The quantitative estimate of drug-likeness (QED) is 0.867. The number of benzene rings is 1. The van der Waals surface area contributed by atoms with Gasteiger partial charge in [0.2, 0.25) is 0 Å². The Bertz CT molecular complexity index is 579. The molecule has 104 valence electrons. The lowest BCUT2D eigenvalue weighted by atomic mass is 10.1. The van der Waals surface area contributed by atoms with Gasteiger partial charge in [-0.1, -0.05) is 25.1 Å². The molecular formula is C17H20N2O. The molecule has 0 radical (unpaired) electrons. The van der Waals surface area contributed by atoms with E-state index in [0.29, 0.717) is 6.04 Å². The second kappa shape index (κ2) is 6.06. The van der Waals surface area contributed by atoms with Crippen molar-refractivity contribution in [2.75, 3.05) is 0 Å². The Morgan fingerprint density at radius 2 is 1.95 bits per heavy atom. The first-order chi connectivity index (χ1) is 9.86. The summed E-state index contributed by atoms with van der Waals surface area (Å²) in [4.78, 5) is 4.21. The summed E-state index contributed by atoms with van der Waals surface area (Å²) in [7, 11) is 0. The molecule has 0 saturated heterocycles. The standard InChI is InChI=1S/C17H20N2O/c1-2-13-5-3-4-6-16(13)20-17-9-10-18-11-14(17)12-19-15-7-8-15/h3-6,9-11,15,19H,2,7-8,12H2,1H3. The van der Waals surface area contributed by atoms with E-state index in [1.165, 1.54) is 18.4 Å². The number of ether oxygens (including phenoxy) is 1. The molecular weight excluding hydrogens is 248 g/mol. The van der Waals surface area contributed by atoms with Crippen molar-refractivity contribution in [3.8, 4) is 11.5 Å². The van der Waals surface area contributed by atoms with E-state index >= 15 is 0 Å². The summed E-state index contributed by atoms with van der Waals surface area (Å²) < 4.78 is 6.10. The van der Waals surface area contributed by atoms with E-state index < -0.39 is 0 Å². The fraction of sp³-hybridized carbons (Fsp3) is 0.353. The molecule has 0 unspecified atom stereocenters. The van der Waals surface area contributed by atoms with Crippen LogP contribution >= 0.6 is 0 Å². The third-order valence-corrected chi connectivity index (χ3v) is 3.59. The smallest absolute Gasteiger partial charge is 0.135 e. The van der Waals surface area contributed by atoms with Crippen LogP contribution in [0.15, 0.2) is 42.7 Å². The Morgan fingerprint density at radius 3 is 2.75 bits per heavy atom. The molecule has 1 aliphatic carbocycles. The Morgan fingerprint density at radius 1 is 1.15 bits per heavy atom. The van der Waals surface area contributed by atoms with Gasteiger partial charge in [0, 0.05) is 30.5 Å². The molecule has 1 fully saturated rings. The maximum Gasteiger partial charge on any atom is 0.135 e. The zero-order valence-electron chi connectivity index (χ0n) is 11.8. The predicted molar refractivity (Wildman–Crippen MR) is 80.0 cm³/mol. The summed E-state index contributed by atoms with van der Waals surface area (Å²) in [6, 6.07) is 10.8. The monoisotopic (exact) mass is 268 g/mol. The first-order valence-corrected chi connectivity index (χ1v) is 7.29. The van der Waals surface area contributed by atoms with Crippen LogP contribution < -0.4 is 10.1 Å². The normalized spacial score (nSPS) is 14.2. The molecule has 20 heavy (non-hydrogen) atoms. The Labute approximate surface area is 120 Å². The minimum Gasteiger partial charge on any atom is -0.457 e. The second-order valence-electron chi connectivity index (χ2n) is 5.20. The highest BCUT2D eigenvalue weighted by atomic mass is 16.5. The summed E-state index contributed by atoms with van der Waals surface area (Å²) in [6.07, 6.45) is 7.21. The fourth-order valence-electron chi connectivity index (χ4n) is 2.20. The van der Waals surface area contributed by atoms with Gasteiger partial charge in [0.25, 0.3) is 0 Å². The first kappa shape index (κ1) is 13.1. The van der Waals surface area contributed by atoms with Crippen molar-refractivity contribution in [2.24, 2.45) is 0 Å². The number of nitrogens with one attached hydrogen (secondary N) is 1. The van der Waals surface area contributed by atoms with Gasteiger partial charge < -0.3 is 10.1 Å². The Balaban J connectivity index is 1.78. The molecule has 0 atom stereocenters. The summed E-state index contributed by atoms with van der Waals surface area (Å²) in [6.45, 7) is 2.96. The van der Waals surface area contributed by atoms with Crippen LogP contribution in [-0.4, -0.2) is 11.0 Å². The summed E-state index contributed by atoms with van der Waals surface area (Å²) in [5, 5.41) is 3.51. The molecule has 0 amide bonds. The largest absolute Gasteiger partial charge is 0.457 e. The number of hydrogen-bond acceptors (Lipinski definition) is 3. The highest BCUT2D eigenvalue weighted by Gasteiger charge is 2.20. The summed E-state index contributed by atoms with van der Waals surface area (Å²) in [5.41, 5.74) is 2.34. The lowest BCUT2D eigenvalue weighted by Crippen LogP contribution is -2.15. The number of hydrogen-bond donors (Lipinski definition) is 1. The van der Waals surface area contributed by atoms with E-state index in [1.54, 1.807) is 6.20 Å². The molecule has 1 saturated carbocycles. The van der Waals surface area contributed by atoms with E-state index in [0.717, 1.165) is 30.0 Å². The zero-order valence-corrected chi connectivity index (χ0v) is 11.8. The maximum absolute atomic E-state index is 6.10. The number of rotatable bonds is 6. The van der Waals surface area contributed by atoms with Crippen molar-refractivity contribution >= 4 is 0 Å². The molecule has 3 heteroatoms. The van der Waals surface area contributed by atoms with Crippen LogP contribution in [0.4, 0.5) is 0 Å². The molecule has 1 aliphatic rings. The second-order valence-corrected chi connectivity index (χ2v) is 5.20. The number of para-hydroxylation sites is 1. The van der Waals surface area contributed by atoms with Gasteiger partial charge in [-0.2, -0.15) is 0 Å². The van der Waals surface area contributed by atoms with Crippen LogP contribution in [-0.2, 0) is 13.0 Å². The topological polar surface area (TPSA) is 34.1 Å². The van der Waals surface area contributed by atoms with Crippen LogP contribution in [0.1, 0.15) is 30.9 Å². The minimum absolute atomic E-state index is 0.686. The summed E-state index contributed by atoms with van der Waals surface area (Å²) >= 11 is 0. The molecule has 0 spiro atoms. The predicted octanol–water partition coefficient (Wildman–Crippen LogP) is 3.69. The SMILES string of the molecule is CCc1ccccc1Oc1ccncc1CNC1CC1. The van der Waals surface area contributed by atoms with Crippen molar-refractivity contribution in [3.63, 3.8) is 0 Å². The highest BCUT2D eigenvalue weighted by Crippen LogP contribution is 2.28. The van der Waals surface area contributed by atoms with E-state index in [-0.39, 0.29) is 0 Å². The lowest BCUT2D eigenvalue weighted by molar-refractivity contribution is 0.466. The van der Waals surface area contributed by atoms with E-state index in [1.807, 2.05) is 30.5 Å². The maximum atomic E-state index is 6.10. The molecule has 1 aromatic heterocycles. The van der Waals surface area contributed by atoms with Gasteiger partial charge in [-0.25, -0.2) is 0 Å². The lowest BCUT2D eigenvalue weighted by Gasteiger charge is -2.13. The van der Waals surface area contributed by atoms with Gasteiger partial charge >= 0.3 is 0 Å². The van der Waals surface area contributed by atoms with E-state index in [9.17, 15) is 0 Å². The molecule has 1 N–H and O–H groups in total. The average Bonchev–Trinajstić information content (AvgIpc) is 3.31. The van der Waals surface area contributed by atoms with E-state index in [2.05, 4.69) is 23.3 Å². The van der Waals surface area contributed by atoms with Crippen LogP contribution in [0.25, 0.3) is 0 Å². The van der Waals surface area contributed by atoms with Gasteiger partial charge in [0.1, 0.15) is 11.5 Å². The Hall–Kier alpha value is -1.87. The third-order valence-electron chi connectivity index (χ3n) is 3.59. The average molecular weight is 268 g/mol. The summed E-state index contributed by atoms with van der Waals surface area (Å²) in [5.74, 6) is 1.84.